The summed E-state index contributed by atoms with van der Waals surface area (Å²) in [7, 11) is -1.22. The summed E-state index contributed by atoms with van der Waals surface area (Å²) < 4.78 is 21.5. The smallest absolute Gasteiger partial charge is 0.250 e. The number of nitrogens with zero attached hydrogens (tertiary/aromatic N) is 4. The molecule has 2 heterocycles. The first kappa shape index (κ1) is 21.5. The molecule has 1 fully saturated rings. The second-order valence-corrected chi connectivity index (χ2v) is 11.1. The van der Waals surface area contributed by atoms with E-state index in [1.165, 1.54) is 12.1 Å². The van der Waals surface area contributed by atoms with Crippen molar-refractivity contribution in [2.75, 3.05) is 31.7 Å². The summed E-state index contributed by atoms with van der Waals surface area (Å²) in [4.78, 5) is 15.4. The summed E-state index contributed by atoms with van der Waals surface area (Å²) in [5, 5.41) is 3.30. The van der Waals surface area contributed by atoms with Crippen LogP contribution in [0.2, 0.25) is 0 Å². The number of rotatable bonds is 4. The van der Waals surface area contributed by atoms with Gasteiger partial charge in [-0.25, -0.2) is 13.4 Å². The lowest BCUT2D eigenvalue weighted by Crippen LogP contribution is -2.37. The second kappa shape index (κ2) is 8.28. The molecule has 2 aromatic rings. The van der Waals surface area contributed by atoms with Crippen LogP contribution in [0.5, 0.6) is 0 Å². The highest BCUT2D eigenvalue weighted by Gasteiger charge is 2.29. The van der Waals surface area contributed by atoms with E-state index >= 15 is 0 Å². The van der Waals surface area contributed by atoms with Gasteiger partial charge in [0.25, 0.3) is 0 Å². The average molecular weight is 465 g/mol. The number of benzene rings is 1. The topological polar surface area (TPSA) is 88.1 Å². The number of aromatic nitrogens is 3. The molecule has 0 amide bonds. The van der Waals surface area contributed by atoms with Gasteiger partial charge in [-0.3, -0.25) is 0 Å². The van der Waals surface area contributed by atoms with Crippen LogP contribution >= 0.6 is 34.8 Å². The molecule has 3 rings (SSSR count). The Hall–Kier alpha value is -1.19. The summed E-state index contributed by atoms with van der Waals surface area (Å²) in [6.07, 6.45) is 3.04. The van der Waals surface area contributed by atoms with Gasteiger partial charge in [-0.15, -0.1) is 0 Å². The molecule has 1 aromatic heterocycles. The predicted octanol–water partition coefficient (Wildman–Crippen LogP) is 3.27. The van der Waals surface area contributed by atoms with Crippen LogP contribution in [0.25, 0.3) is 11.4 Å². The lowest BCUT2D eigenvalue weighted by Gasteiger charge is -2.29. The molecule has 11 heteroatoms. The van der Waals surface area contributed by atoms with Crippen LogP contribution < -0.4 is 5.32 Å². The summed E-state index contributed by atoms with van der Waals surface area (Å²) >= 11 is 18.0. The van der Waals surface area contributed by atoms with E-state index in [1.807, 2.05) is 0 Å². The number of hydrogen-bond donors (Lipinski definition) is 1. The maximum Gasteiger partial charge on any atom is 0.250 e. The van der Waals surface area contributed by atoms with Crippen LogP contribution in [-0.4, -0.2) is 60.7 Å². The van der Waals surface area contributed by atoms with Crippen molar-refractivity contribution < 1.29 is 8.42 Å². The Morgan fingerprint density at radius 3 is 2.21 bits per heavy atom. The fourth-order valence-electron chi connectivity index (χ4n) is 2.88. The quantitative estimate of drug-likeness (QED) is 0.695. The summed E-state index contributed by atoms with van der Waals surface area (Å²) in [5.41, 5.74) is 0.594. The van der Waals surface area contributed by atoms with Gasteiger partial charge in [0.2, 0.25) is 9.74 Å². The van der Waals surface area contributed by atoms with E-state index in [9.17, 15) is 8.42 Å². The third kappa shape index (κ3) is 5.45. The van der Waals surface area contributed by atoms with Crippen LogP contribution in [0.1, 0.15) is 18.7 Å². The number of nitrogens with one attached hydrogen (secondary N) is 1. The van der Waals surface area contributed by atoms with Gasteiger partial charge < -0.3 is 10.2 Å². The molecule has 0 aliphatic carbocycles. The highest BCUT2D eigenvalue weighted by Crippen LogP contribution is 2.37. The average Bonchev–Trinajstić information content (AvgIpc) is 2.62. The highest BCUT2D eigenvalue weighted by atomic mass is 35.6. The molecule has 152 valence electrons. The minimum Gasteiger partial charge on any atom is -0.351 e. The van der Waals surface area contributed by atoms with Gasteiger partial charge in [-0.1, -0.05) is 34.8 Å². The van der Waals surface area contributed by atoms with Gasteiger partial charge in [-0.2, -0.15) is 9.97 Å². The third-order valence-electron chi connectivity index (χ3n) is 4.48. The molecular weight excluding hydrogens is 445 g/mol. The lowest BCUT2D eigenvalue weighted by atomic mass is 10.1. The van der Waals surface area contributed by atoms with Gasteiger partial charge in [0, 0.05) is 17.9 Å². The Morgan fingerprint density at radius 2 is 1.68 bits per heavy atom. The summed E-state index contributed by atoms with van der Waals surface area (Å²) in [5.74, 6) is 0.630. The number of hydrogen-bond acceptors (Lipinski definition) is 7. The Balaban J connectivity index is 1.94. The van der Waals surface area contributed by atoms with E-state index in [4.69, 9.17) is 34.8 Å². The first-order valence-corrected chi connectivity index (χ1v) is 11.6. The van der Waals surface area contributed by atoms with Crippen molar-refractivity contribution in [2.45, 2.75) is 27.6 Å². The number of likely N-dealkylation sites (tertiary alicyclic amines) is 1. The van der Waals surface area contributed by atoms with E-state index in [-0.39, 0.29) is 16.8 Å². The van der Waals surface area contributed by atoms with Gasteiger partial charge in [-0.05, 0) is 57.2 Å². The fourth-order valence-corrected chi connectivity index (χ4v) is 3.77. The van der Waals surface area contributed by atoms with Crippen molar-refractivity contribution in [3.63, 3.8) is 0 Å². The van der Waals surface area contributed by atoms with E-state index in [1.54, 1.807) is 12.1 Å². The molecule has 1 aliphatic rings. The molecule has 0 saturated carbocycles. The Kier molecular flexibility index (Phi) is 6.36. The van der Waals surface area contributed by atoms with E-state index in [0.717, 1.165) is 32.2 Å². The largest absolute Gasteiger partial charge is 0.351 e. The number of halogens is 3. The van der Waals surface area contributed by atoms with Crippen LogP contribution in [0.4, 0.5) is 5.95 Å². The van der Waals surface area contributed by atoms with Crippen molar-refractivity contribution >= 4 is 50.6 Å². The molecule has 0 bridgehead atoms. The van der Waals surface area contributed by atoms with Crippen LogP contribution in [0.15, 0.2) is 29.2 Å². The normalized spacial score (nSPS) is 16.9. The first-order valence-electron chi connectivity index (χ1n) is 8.61. The molecule has 28 heavy (non-hydrogen) atoms. The second-order valence-electron chi connectivity index (χ2n) is 6.82. The highest BCUT2D eigenvalue weighted by molar-refractivity contribution is 7.90. The molecule has 0 radical (unpaired) electrons. The van der Waals surface area contributed by atoms with Crippen LogP contribution in [-0.2, 0) is 13.6 Å². The maximum absolute atomic E-state index is 11.7. The first-order chi connectivity index (χ1) is 13.0. The number of sulfone groups is 1. The van der Waals surface area contributed by atoms with E-state index in [0.29, 0.717) is 17.3 Å². The molecule has 7 nitrogen and oxygen atoms in total. The molecule has 0 unspecified atom stereocenters. The van der Waals surface area contributed by atoms with Crippen molar-refractivity contribution in [2.24, 2.45) is 0 Å². The minimum atomic E-state index is -3.30. The van der Waals surface area contributed by atoms with Crippen molar-refractivity contribution in [3.05, 3.63) is 30.1 Å². The fraction of sp³-hybridized carbons (Fsp3) is 0.471. The zero-order chi connectivity index (χ0) is 20.5. The predicted molar refractivity (Wildman–Crippen MR) is 112 cm³/mol. The van der Waals surface area contributed by atoms with E-state index in [2.05, 4.69) is 32.2 Å². The molecule has 1 N–H and O–H groups in total. The summed E-state index contributed by atoms with van der Waals surface area (Å²) in [6, 6.07) is 6.43. The Bertz CT molecular complexity index is 940. The van der Waals surface area contributed by atoms with Crippen molar-refractivity contribution in [3.8, 4) is 11.4 Å². The third-order valence-corrected chi connectivity index (χ3v) is 6.12. The maximum atomic E-state index is 11.7. The zero-order valence-corrected chi connectivity index (χ0v) is 18.4. The van der Waals surface area contributed by atoms with Crippen molar-refractivity contribution in [1.82, 2.24) is 19.9 Å². The molecular formula is C17H20Cl3N5O2S. The lowest BCUT2D eigenvalue weighted by molar-refractivity contribution is 0.263. The van der Waals surface area contributed by atoms with Gasteiger partial charge >= 0.3 is 0 Å². The van der Waals surface area contributed by atoms with Crippen LogP contribution in [0, 0.1) is 0 Å². The molecule has 0 atom stereocenters. The van der Waals surface area contributed by atoms with Gasteiger partial charge in [0.05, 0.1) is 4.90 Å². The molecule has 1 aliphatic heterocycles. The molecule has 1 aromatic carbocycles. The Morgan fingerprint density at radius 1 is 1.07 bits per heavy atom. The monoisotopic (exact) mass is 463 g/mol. The Labute approximate surface area is 179 Å². The molecule has 1 saturated heterocycles. The zero-order valence-electron chi connectivity index (χ0n) is 15.4. The van der Waals surface area contributed by atoms with Gasteiger partial charge in [0.1, 0.15) is 0 Å². The van der Waals surface area contributed by atoms with Crippen molar-refractivity contribution in [1.29, 1.82) is 0 Å². The number of piperidine rings is 1. The van der Waals surface area contributed by atoms with Gasteiger partial charge in [0.15, 0.2) is 21.5 Å². The van der Waals surface area contributed by atoms with Crippen LogP contribution in [0.3, 0.4) is 0 Å². The standard InChI is InChI=1S/C17H20Cl3N5O2S/c1-25-9-7-12(8-10-25)21-16-23-14(22-15(24-16)17(18,19)20)11-3-5-13(6-4-11)28(2,26)27/h3-6,12H,7-10H2,1-2H3,(H,21,22,23,24). The molecule has 0 spiro atoms. The SMILES string of the molecule is CN1CCC(Nc2nc(-c3ccc(S(C)(=O)=O)cc3)nc(C(Cl)(Cl)Cl)n2)CC1. The van der Waals surface area contributed by atoms with E-state index < -0.39 is 13.6 Å². The number of alkyl halides is 3. The minimum absolute atomic E-state index is 0.00474. The summed E-state index contributed by atoms with van der Waals surface area (Å²) in [6.45, 7) is 1.94. The number of anilines is 1.